The summed E-state index contributed by atoms with van der Waals surface area (Å²) in [5.41, 5.74) is 9.12. The van der Waals surface area contributed by atoms with Crippen LogP contribution >= 0.6 is 11.8 Å². The molecular formula is C17H16N6O5S. The van der Waals surface area contributed by atoms with Crippen LogP contribution < -0.4 is 5.32 Å². The van der Waals surface area contributed by atoms with Crippen LogP contribution in [0.5, 0.6) is 0 Å². The average molecular weight is 416 g/mol. The molecule has 0 spiro atoms. The lowest BCUT2D eigenvalue weighted by Gasteiger charge is -2.49. The highest BCUT2D eigenvalue weighted by atomic mass is 32.2. The smallest absolute Gasteiger partial charge is 0.352 e. The molecule has 1 saturated heterocycles. The molecule has 2 aliphatic rings. The van der Waals surface area contributed by atoms with Crippen LogP contribution in [0.15, 0.2) is 51.9 Å². The van der Waals surface area contributed by atoms with Crippen molar-refractivity contribution in [3.05, 3.63) is 57.6 Å². The second-order valence-electron chi connectivity index (χ2n) is 6.00. The lowest BCUT2D eigenvalue weighted by molar-refractivity contribution is -0.150. The van der Waals surface area contributed by atoms with Gasteiger partial charge in [-0.15, -0.1) is 11.8 Å². The zero-order valence-electron chi connectivity index (χ0n) is 15.2. The molecule has 11 nitrogen and oxygen atoms in total. The number of carbonyl (C=O) groups excluding carboxylic acids is 2. The van der Waals surface area contributed by atoms with E-state index in [1.54, 1.807) is 30.3 Å². The van der Waals surface area contributed by atoms with Crippen LogP contribution in [0.4, 0.5) is 0 Å². The van der Waals surface area contributed by atoms with E-state index in [4.69, 9.17) is 10.4 Å². The van der Waals surface area contributed by atoms with Crippen molar-refractivity contribution in [2.45, 2.75) is 11.4 Å². The second-order valence-corrected chi connectivity index (χ2v) is 7.10. The minimum atomic E-state index is -1.29. The zero-order chi connectivity index (χ0) is 21.0. The van der Waals surface area contributed by atoms with E-state index < -0.39 is 29.2 Å². The predicted molar refractivity (Wildman–Crippen MR) is 104 cm³/mol. The summed E-state index contributed by atoms with van der Waals surface area (Å²) in [5.74, 6) is -2.20. The first-order chi connectivity index (χ1) is 14.0. The molecule has 0 bridgehead atoms. The molecule has 0 aromatic heterocycles. The molecule has 2 N–H and O–H groups in total. The summed E-state index contributed by atoms with van der Waals surface area (Å²) in [6.45, 7) is -0.142. The molecule has 2 heterocycles. The number of nitrogens with zero attached hydrogens (tertiary/aromatic N) is 5. The number of carbonyl (C=O) groups is 3. The first-order valence-corrected chi connectivity index (χ1v) is 9.42. The molecule has 3 rings (SSSR count). The van der Waals surface area contributed by atoms with Crippen molar-refractivity contribution in [3.63, 3.8) is 0 Å². The van der Waals surface area contributed by atoms with Crippen LogP contribution in [-0.2, 0) is 19.2 Å². The van der Waals surface area contributed by atoms with E-state index in [1.807, 2.05) is 0 Å². The molecule has 0 aliphatic carbocycles. The van der Waals surface area contributed by atoms with Crippen LogP contribution in [-0.4, -0.2) is 64.3 Å². The zero-order valence-corrected chi connectivity index (χ0v) is 16.0. The van der Waals surface area contributed by atoms with E-state index in [2.05, 4.69) is 20.5 Å². The van der Waals surface area contributed by atoms with Gasteiger partial charge in [0.25, 0.3) is 11.8 Å². The Hall–Kier alpha value is -3.50. The maximum absolute atomic E-state index is 12.7. The Labute approximate surface area is 169 Å². The van der Waals surface area contributed by atoms with Crippen LogP contribution in [0.2, 0.25) is 0 Å². The molecule has 2 aliphatic heterocycles. The highest BCUT2D eigenvalue weighted by molar-refractivity contribution is 8.00. The van der Waals surface area contributed by atoms with Crippen molar-refractivity contribution in [1.82, 2.24) is 10.2 Å². The third-order valence-electron chi connectivity index (χ3n) is 4.31. The van der Waals surface area contributed by atoms with Crippen LogP contribution in [0.3, 0.4) is 0 Å². The van der Waals surface area contributed by atoms with Crippen molar-refractivity contribution in [2.24, 2.45) is 10.3 Å². The number of amides is 2. The van der Waals surface area contributed by atoms with Crippen molar-refractivity contribution in [1.29, 1.82) is 0 Å². The Morgan fingerprint density at radius 3 is 2.76 bits per heavy atom. The lowest BCUT2D eigenvalue weighted by atomic mass is 10.0. The summed E-state index contributed by atoms with van der Waals surface area (Å²) >= 11 is 1.28. The number of fused-ring (bicyclic) bond motifs is 1. The summed E-state index contributed by atoms with van der Waals surface area (Å²) in [5, 5.41) is 18.7. The number of rotatable bonds is 7. The molecule has 1 aromatic rings. The summed E-state index contributed by atoms with van der Waals surface area (Å²) < 4.78 is 0. The third-order valence-corrected chi connectivity index (χ3v) is 5.65. The minimum Gasteiger partial charge on any atom is -0.477 e. The number of benzene rings is 1. The Morgan fingerprint density at radius 1 is 1.41 bits per heavy atom. The summed E-state index contributed by atoms with van der Waals surface area (Å²) in [7, 11) is 1.30. The minimum absolute atomic E-state index is 0.00166. The monoisotopic (exact) mass is 416 g/mol. The quantitative estimate of drug-likeness (QED) is 0.169. The SMILES string of the molecule is CON=C(C(=O)N[C@@H]1C(=O)N2C(C(=O)O)=C(CN=[N+]=[N-])CS[C@H]12)c1ccccc1. The molecule has 0 saturated carbocycles. The van der Waals surface area contributed by atoms with Gasteiger partial charge in [0.1, 0.15) is 24.2 Å². The van der Waals surface area contributed by atoms with Crippen molar-refractivity contribution in [2.75, 3.05) is 19.4 Å². The third kappa shape index (κ3) is 3.89. The van der Waals surface area contributed by atoms with Gasteiger partial charge >= 0.3 is 5.97 Å². The van der Waals surface area contributed by atoms with Gasteiger partial charge in [-0.05, 0) is 11.1 Å². The van der Waals surface area contributed by atoms with Gasteiger partial charge < -0.3 is 15.3 Å². The standard InChI is InChI=1S/C17H16N6O5S/c1-28-21-11(9-5-3-2-4-6-9)14(24)20-12-15(25)23-13(17(26)27)10(7-19-22-18)8-29-16(12)23/h2-6,12,16H,7-8H2,1H3,(H,20,24)(H,26,27)/t12-,16-/m1/s1. The van der Waals surface area contributed by atoms with E-state index in [9.17, 15) is 19.5 Å². The Morgan fingerprint density at radius 2 is 2.14 bits per heavy atom. The number of thioether (sulfide) groups is 1. The lowest BCUT2D eigenvalue weighted by Crippen LogP contribution is -2.71. The first kappa shape index (κ1) is 20.2. The van der Waals surface area contributed by atoms with Gasteiger partial charge in [0, 0.05) is 16.2 Å². The van der Waals surface area contributed by atoms with E-state index in [1.165, 1.54) is 18.9 Å². The van der Waals surface area contributed by atoms with Gasteiger partial charge in [-0.25, -0.2) is 4.79 Å². The average Bonchev–Trinajstić information content (AvgIpc) is 2.73. The molecule has 1 aromatic carbocycles. The van der Waals surface area contributed by atoms with Crippen LogP contribution in [0.25, 0.3) is 10.4 Å². The number of hydrogen-bond donors (Lipinski definition) is 2. The highest BCUT2D eigenvalue weighted by Gasteiger charge is 2.54. The molecule has 2 amide bonds. The number of β-lactam (4-membered cyclic amide) rings is 1. The number of oxime groups is 1. The molecule has 150 valence electrons. The summed E-state index contributed by atoms with van der Waals surface area (Å²) in [6, 6.07) is 7.69. The van der Waals surface area contributed by atoms with Crippen molar-refractivity contribution in [3.8, 4) is 0 Å². The van der Waals surface area contributed by atoms with E-state index in [-0.39, 0.29) is 23.7 Å². The fraction of sp³-hybridized carbons (Fsp3) is 0.294. The van der Waals surface area contributed by atoms with Crippen molar-refractivity contribution >= 4 is 35.3 Å². The van der Waals surface area contributed by atoms with Crippen LogP contribution in [0, 0.1) is 0 Å². The second kappa shape index (κ2) is 8.67. The van der Waals surface area contributed by atoms with Gasteiger partial charge in [-0.2, -0.15) is 0 Å². The molecule has 29 heavy (non-hydrogen) atoms. The maximum Gasteiger partial charge on any atom is 0.352 e. The largest absolute Gasteiger partial charge is 0.477 e. The Balaban J connectivity index is 1.80. The Kier molecular flexibility index (Phi) is 6.05. The van der Waals surface area contributed by atoms with E-state index in [0.29, 0.717) is 11.1 Å². The molecule has 12 heteroatoms. The van der Waals surface area contributed by atoms with Crippen molar-refractivity contribution < 1.29 is 24.3 Å². The first-order valence-electron chi connectivity index (χ1n) is 8.37. The predicted octanol–water partition coefficient (Wildman–Crippen LogP) is 1.09. The fourth-order valence-corrected chi connectivity index (χ4v) is 4.38. The molecule has 0 radical (unpaired) electrons. The molecule has 2 atom stereocenters. The number of aliphatic carboxylic acids is 1. The summed E-state index contributed by atoms with van der Waals surface area (Å²) in [6.07, 6.45) is 0. The van der Waals surface area contributed by atoms with Gasteiger partial charge in [0.05, 0.1) is 6.54 Å². The normalized spacial score (nSPS) is 20.9. The Bertz CT molecular complexity index is 956. The van der Waals surface area contributed by atoms with Gasteiger partial charge in [-0.3, -0.25) is 14.5 Å². The highest BCUT2D eigenvalue weighted by Crippen LogP contribution is 2.40. The number of carboxylic acid groups (broad SMARTS) is 1. The molecular weight excluding hydrogens is 400 g/mol. The fourth-order valence-electron chi connectivity index (χ4n) is 3.04. The van der Waals surface area contributed by atoms with Gasteiger partial charge in [0.15, 0.2) is 5.71 Å². The maximum atomic E-state index is 12.7. The number of hydrogen-bond acceptors (Lipinski definition) is 7. The molecule has 1 fully saturated rings. The number of carboxylic acids is 1. The topological polar surface area (TPSA) is 157 Å². The van der Waals surface area contributed by atoms with Gasteiger partial charge in [0.2, 0.25) is 0 Å². The molecule has 0 unspecified atom stereocenters. The van der Waals surface area contributed by atoms with Gasteiger partial charge in [-0.1, -0.05) is 40.6 Å². The summed E-state index contributed by atoms with van der Waals surface area (Å²) in [4.78, 5) is 45.4. The van der Waals surface area contributed by atoms with Crippen LogP contribution in [0.1, 0.15) is 5.56 Å². The van der Waals surface area contributed by atoms with E-state index in [0.717, 1.165) is 4.90 Å². The van der Waals surface area contributed by atoms with E-state index >= 15 is 0 Å². The number of nitrogens with one attached hydrogen (secondary N) is 1. The number of azide groups is 1.